The molecule has 1 saturated heterocycles. The van der Waals surface area contributed by atoms with Crippen LogP contribution in [0.5, 0.6) is 0 Å². The number of hydrogen-bond donors (Lipinski definition) is 5. The highest BCUT2D eigenvalue weighted by Gasteiger charge is 2.41. The summed E-state index contributed by atoms with van der Waals surface area (Å²) in [5.41, 5.74) is 5.50. The standard InChI is InChI=1S/C30H37N5O8S/c1-30(2,3)34-26(39)22-16-44-17-35(22)27(40)24(37)20(14-18-10-6-4-7-11-18)32-25(38)21(15-23(31)36)33-29(42)43-28(41)19-12-8-5-9-13-19/h4-13,20-22,24,37H,14-17H2,1-3H3,(H2,31,36)(H,32,38)(H,33,42)(H,34,39)/t20-,21-,22+,24-/m0/s1. The van der Waals surface area contributed by atoms with Gasteiger partial charge < -0.3 is 36.4 Å². The smallest absolute Gasteiger partial charge is 0.381 e. The summed E-state index contributed by atoms with van der Waals surface area (Å²) in [6.07, 6.45) is -3.79. The molecule has 2 aromatic rings. The van der Waals surface area contributed by atoms with Crippen LogP contribution in [0.25, 0.3) is 0 Å². The molecule has 1 fully saturated rings. The van der Waals surface area contributed by atoms with Crippen LogP contribution in [0.15, 0.2) is 60.7 Å². The molecule has 1 aliphatic rings. The Kier molecular flexibility index (Phi) is 11.9. The van der Waals surface area contributed by atoms with E-state index in [4.69, 9.17) is 10.5 Å². The number of carbonyl (C=O) groups is 6. The van der Waals surface area contributed by atoms with Gasteiger partial charge in [-0.25, -0.2) is 9.59 Å². The van der Waals surface area contributed by atoms with Crippen molar-refractivity contribution in [2.24, 2.45) is 5.73 Å². The molecule has 0 spiro atoms. The molecule has 4 atom stereocenters. The molecular formula is C30H37N5O8S. The van der Waals surface area contributed by atoms with Gasteiger partial charge in [0.15, 0.2) is 6.10 Å². The molecule has 0 saturated carbocycles. The predicted octanol–water partition coefficient (Wildman–Crippen LogP) is 0.702. The summed E-state index contributed by atoms with van der Waals surface area (Å²) in [6, 6.07) is 12.7. The number of rotatable bonds is 11. The quantitative estimate of drug-likeness (QED) is 0.176. The predicted molar refractivity (Wildman–Crippen MR) is 162 cm³/mol. The number of nitrogens with one attached hydrogen (secondary N) is 3. The Morgan fingerprint density at radius 1 is 1.00 bits per heavy atom. The van der Waals surface area contributed by atoms with Crippen LogP contribution in [0.1, 0.15) is 43.1 Å². The van der Waals surface area contributed by atoms with Crippen molar-refractivity contribution in [3.8, 4) is 0 Å². The normalized spacial score (nSPS) is 16.6. The number of carbonyl (C=O) groups excluding carboxylic acids is 6. The van der Waals surface area contributed by atoms with Gasteiger partial charge >= 0.3 is 12.1 Å². The fourth-order valence-corrected chi connectivity index (χ4v) is 5.53. The summed E-state index contributed by atoms with van der Waals surface area (Å²) in [5, 5.41) is 18.8. The highest BCUT2D eigenvalue weighted by atomic mass is 32.2. The van der Waals surface area contributed by atoms with Gasteiger partial charge in [-0.3, -0.25) is 19.2 Å². The zero-order chi connectivity index (χ0) is 32.4. The molecule has 6 N–H and O–H groups in total. The van der Waals surface area contributed by atoms with Gasteiger partial charge in [0.1, 0.15) is 12.1 Å². The number of aliphatic hydroxyl groups is 1. The van der Waals surface area contributed by atoms with E-state index >= 15 is 0 Å². The molecule has 0 aromatic heterocycles. The van der Waals surface area contributed by atoms with E-state index in [0.29, 0.717) is 11.3 Å². The first-order chi connectivity index (χ1) is 20.7. The summed E-state index contributed by atoms with van der Waals surface area (Å²) >= 11 is 1.35. The van der Waals surface area contributed by atoms with Crippen LogP contribution < -0.4 is 21.7 Å². The lowest BCUT2D eigenvalue weighted by atomic mass is 9.99. The number of esters is 1. The number of ether oxygens (including phenoxy) is 1. The lowest BCUT2D eigenvalue weighted by Gasteiger charge is -2.32. The molecule has 0 radical (unpaired) electrons. The van der Waals surface area contributed by atoms with Crippen molar-refractivity contribution in [1.82, 2.24) is 20.9 Å². The Bertz CT molecular complexity index is 1350. The summed E-state index contributed by atoms with van der Waals surface area (Å²) in [5.74, 6) is -3.57. The van der Waals surface area contributed by atoms with Crippen molar-refractivity contribution in [3.63, 3.8) is 0 Å². The van der Waals surface area contributed by atoms with E-state index in [1.807, 2.05) is 20.8 Å². The van der Waals surface area contributed by atoms with E-state index in [0.717, 1.165) is 0 Å². The number of amides is 5. The van der Waals surface area contributed by atoms with E-state index in [1.54, 1.807) is 48.5 Å². The number of alkyl carbamates (subject to hydrolysis) is 1. The van der Waals surface area contributed by atoms with Crippen LogP contribution in [0.4, 0.5) is 4.79 Å². The van der Waals surface area contributed by atoms with Crippen molar-refractivity contribution < 1.29 is 38.6 Å². The van der Waals surface area contributed by atoms with Crippen molar-refractivity contribution in [2.75, 3.05) is 11.6 Å². The van der Waals surface area contributed by atoms with Crippen molar-refractivity contribution in [2.45, 2.75) is 63.4 Å². The van der Waals surface area contributed by atoms with Crippen LogP contribution >= 0.6 is 11.8 Å². The largest absolute Gasteiger partial charge is 0.415 e. The van der Waals surface area contributed by atoms with Gasteiger partial charge in [0.05, 0.1) is 23.9 Å². The first-order valence-electron chi connectivity index (χ1n) is 13.8. The first kappa shape index (κ1) is 34.1. The van der Waals surface area contributed by atoms with Crippen LogP contribution in [0.3, 0.4) is 0 Å². The van der Waals surface area contributed by atoms with Gasteiger partial charge in [-0.05, 0) is 44.9 Å². The minimum absolute atomic E-state index is 0.0143. The highest BCUT2D eigenvalue weighted by molar-refractivity contribution is 7.99. The summed E-state index contributed by atoms with van der Waals surface area (Å²) in [4.78, 5) is 77.6. The summed E-state index contributed by atoms with van der Waals surface area (Å²) in [6.45, 7) is 5.43. The average Bonchev–Trinajstić information content (AvgIpc) is 3.46. The Morgan fingerprint density at radius 3 is 2.20 bits per heavy atom. The third-order valence-electron chi connectivity index (χ3n) is 6.44. The maximum absolute atomic E-state index is 13.6. The van der Waals surface area contributed by atoms with Gasteiger partial charge in [0, 0.05) is 11.3 Å². The maximum atomic E-state index is 13.6. The molecule has 13 nitrogen and oxygen atoms in total. The van der Waals surface area contributed by atoms with Gasteiger partial charge in [-0.15, -0.1) is 11.8 Å². The van der Waals surface area contributed by atoms with E-state index in [-0.39, 0.29) is 23.8 Å². The summed E-state index contributed by atoms with van der Waals surface area (Å²) < 4.78 is 4.75. The number of nitrogens with zero attached hydrogens (tertiary/aromatic N) is 1. The number of primary amides is 1. The molecule has 0 unspecified atom stereocenters. The molecule has 14 heteroatoms. The molecular weight excluding hydrogens is 590 g/mol. The minimum Gasteiger partial charge on any atom is -0.381 e. The number of hydrogen-bond acceptors (Lipinski definition) is 9. The Morgan fingerprint density at radius 2 is 1.61 bits per heavy atom. The van der Waals surface area contributed by atoms with Gasteiger partial charge in [-0.1, -0.05) is 48.5 Å². The van der Waals surface area contributed by atoms with Crippen molar-refractivity contribution in [1.29, 1.82) is 0 Å². The van der Waals surface area contributed by atoms with Gasteiger partial charge in [-0.2, -0.15) is 0 Å². The summed E-state index contributed by atoms with van der Waals surface area (Å²) in [7, 11) is 0. The van der Waals surface area contributed by atoms with Crippen LogP contribution in [0, 0.1) is 0 Å². The Labute approximate surface area is 259 Å². The monoisotopic (exact) mass is 627 g/mol. The first-order valence-corrected chi connectivity index (χ1v) is 15.0. The molecule has 1 heterocycles. The van der Waals surface area contributed by atoms with Crippen LogP contribution in [-0.4, -0.2) is 87.1 Å². The zero-order valence-electron chi connectivity index (χ0n) is 24.6. The molecule has 3 rings (SSSR count). The lowest BCUT2D eigenvalue weighted by molar-refractivity contribution is -0.147. The number of nitrogens with two attached hydrogens (primary N) is 1. The van der Waals surface area contributed by atoms with Crippen molar-refractivity contribution >= 4 is 47.5 Å². The second-order valence-corrected chi connectivity index (χ2v) is 12.2. The fourth-order valence-electron chi connectivity index (χ4n) is 4.36. The minimum atomic E-state index is -1.80. The van der Waals surface area contributed by atoms with Crippen LogP contribution in [0.2, 0.25) is 0 Å². The molecule has 2 aromatic carbocycles. The number of thioether (sulfide) groups is 1. The SMILES string of the molecule is CC(C)(C)NC(=O)[C@H]1CSCN1C(=O)[C@@H](O)[C@H](Cc1ccccc1)NC(=O)[C@H](CC(N)=O)NC(=O)OC(=O)c1ccccc1. The average molecular weight is 628 g/mol. The van der Waals surface area contributed by atoms with E-state index in [2.05, 4.69) is 16.0 Å². The molecule has 5 amide bonds. The van der Waals surface area contributed by atoms with E-state index in [1.165, 1.54) is 28.8 Å². The maximum Gasteiger partial charge on any atom is 0.415 e. The molecule has 236 valence electrons. The van der Waals surface area contributed by atoms with E-state index in [9.17, 15) is 33.9 Å². The lowest BCUT2D eigenvalue weighted by Crippen LogP contribution is -2.59. The third-order valence-corrected chi connectivity index (χ3v) is 7.45. The Balaban J connectivity index is 1.79. The Hall–Kier alpha value is -4.43. The second-order valence-electron chi connectivity index (χ2n) is 11.2. The second kappa shape index (κ2) is 15.3. The number of aliphatic hydroxyl groups excluding tert-OH is 1. The molecule has 1 aliphatic heterocycles. The number of benzene rings is 2. The van der Waals surface area contributed by atoms with Crippen molar-refractivity contribution in [3.05, 3.63) is 71.8 Å². The highest BCUT2D eigenvalue weighted by Crippen LogP contribution is 2.24. The molecule has 44 heavy (non-hydrogen) atoms. The molecule has 0 bridgehead atoms. The van der Waals surface area contributed by atoms with Crippen LogP contribution in [-0.2, 0) is 30.3 Å². The molecule has 0 aliphatic carbocycles. The fraction of sp³-hybridized carbons (Fsp3) is 0.400. The zero-order valence-corrected chi connectivity index (χ0v) is 25.5. The van der Waals surface area contributed by atoms with E-state index < -0.39 is 66.0 Å². The van der Waals surface area contributed by atoms with Gasteiger partial charge in [0.2, 0.25) is 17.7 Å². The topological polar surface area (TPSA) is 197 Å². The third kappa shape index (κ3) is 10.1. The van der Waals surface area contributed by atoms with Gasteiger partial charge in [0.25, 0.3) is 5.91 Å².